The Hall–Kier alpha value is -1.33. The highest BCUT2D eigenvalue weighted by Gasteiger charge is 2.17. The molecule has 2 heteroatoms. The second-order valence-electron chi connectivity index (χ2n) is 4.45. The monoisotopic (exact) mass is 214 g/mol. The van der Waals surface area contributed by atoms with E-state index in [-0.39, 0.29) is 5.92 Å². The highest BCUT2D eigenvalue weighted by atomic mass is 15.1. The zero-order chi connectivity index (χ0) is 11.2. The largest absolute Gasteiger partial charge is 0.302 e. The predicted octanol–water partition coefficient (Wildman–Crippen LogP) is 2.78. The smallest absolute Gasteiger partial charge is 0.0839 e. The van der Waals surface area contributed by atoms with Crippen LogP contribution in [0.4, 0.5) is 0 Å². The van der Waals surface area contributed by atoms with E-state index >= 15 is 0 Å². The SMILES string of the molecule is N#C[C@@H](CN1CCCCC1)c1ccccc1. The van der Waals surface area contributed by atoms with Crippen molar-refractivity contribution in [1.82, 2.24) is 4.90 Å². The van der Waals surface area contributed by atoms with Gasteiger partial charge in [0.15, 0.2) is 0 Å². The Labute approximate surface area is 97.5 Å². The lowest BCUT2D eigenvalue weighted by atomic mass is 9.99. The first-order chi connectivity index (χ1) is 7.90. The second kappa shape index (κ2) is 5.67. The zero-order valence-corrected chi connectivity index (χ0v) is 9.60. The molecule has 1 aliphatic rings. The standard InChI is InChI=1S/C14H18N2/c15-11-14(13-7-3-1-4-8-13)12-16-9-5-2-6-10-16/h1,3-4,7-8,14H,2,5-6,9-10,12H2/t14-/m0/s1. The van der Waals surface area contributed by atoms with Crippen molar-refractivity contribution in [2.24, 2.45) is 0 Å². The van der Waals surface area contributed by atoms with Gasteiger partial charge < -0.3 is 4.90 Å². The zero-order valence-electron chi connectivity index (χ0n) is 9.60. The van der Waals surface area contributed by atoms with Crippen LogP contribution in [0.2, 0.25) is 0 Å². The molecule has 1 aromatic rings. The van der Waals surface area contributed by atoms with Crippen molar-refractivity contribution in [3.63, 3.8) is 0 Å². The quantitative estimate of drug-likeness (QED) is 0.773. The second-order valence-corrected chi connectivity index (χ2v) is 4.45. The summed E-state index contributed by atoms with van der Waals surface area (Å²) in [7, 11) is 0. The Morgan fingerprint density at radius 3 is 2.44 bits per heavy atom. The Morgan fingerprint density at radius 1 is 1.12 bits per heavy atom. The molecule has 1 fully saturated rings. The van der Waals surface area contributed by atoms with Crippen LogP contribution in [0.1, 0.15) is 30.7 Å². The summed E-state index contributed by atoms with van der Waals surface area (Å²) < 4.78 is 0. The van der Waals surface area contributed by atoms with Crippen LogP contribution in [0, 0.1) is 11.3 Å². The number of likely N-dealkylation sites (tertiary alicyclic amines) is 1. The van der Waals surface area contributed by atoms with Gasteiger partial charge in [-0.25, -0.2) is 0 Å². The molecule has 0 bridgehead atoms. The van der Waals surface area contributed by atoms with E-state index in [2.05, 4.69) is 23.1 Å². The van der Waals surface area contributed by atoms with Crippen molar-refractivity contribution >= 4 is 0 Å². The van der Waals surface area contributed by atoms with E-state index in [1.807, 2.05) is 18.2 Å². The van der Waals surface area contributed by atoms with Gasteiger partial charge in [0.2, 0.25) is 0 Å². The molecule has 1 saturated heterocycles. The number of nitriles is 1. The highest BCUT2D eigenvalue weighted by molar-refractivity contribution is 5.25. The third kappa shape index (κ3) is 2.84. The van der Waals surface area contributed by atoms with Gasteiger partial charge >= 0.3 is 0 Å². The fourth-order valence-electron chi connectivity index (χ4n) is 2.31. The summed E-state index contributed by atoms with van der Waals surface area (Å²) >= 11 is 0. The summed E-state index contributed by atoms with van der Waals surface area (Å²) in [6, 6.07) is 12.5. The van der Waals surface area contributed by atoms with Crippen LogP contribution in [0.5, 0.6) is 0 Å². The van der Waals surface area contributed by atoms with Gasteiger partial charge in [-0.3, -0.25) is 0 Å². The molecule has 16 heavy (non-hydrogen) atoms. The summed E-state index contributed by atoms with van der Waals surface area (Å²) in [6.45, 7) is 3.20. The van der Waals surface area contributed by atoms with E-state index in [4.69, 9.17) is 0 Å². The van der Waals surface area contributed by atoms with Gasteiger partial charge in [0.1, 0.15) is 0 Å². The molecule has 1 aromatic carbocycles. The average Bonchev–Trinajstić information content (AvgIpc) is 2.38. The third-order valence-electron chi connectivity index (χ3n) is 3.25. The summed E-state index contributed by atoms with van der Waals surface area (Å²) in [5.41, 5.74) is 1.15. The van der Waals surface area contributed by atoms with Crippen molar-refractivity contribution in [3.8, 4) is 6.07 Å². The molecule has 2 rings (SSSR count). The molecule has 1 atom stereocenters. The number of nitrogens with zero attached hydrogens (tertiary/aromatic N) is 2. The molecule has 0 saturated carbocycles. The van der Waals surface area contributed by atoms with Crippen LogP contribution in [-0.2, 0) is 0 Å². The van der Waals surface area contributed by atoms with Crippen LogP contribution in [-0.4, -0.2) is 24.5 Å². The van der Waals surface area contributed by atoms with Gasteiger partial charge in [-0.15, -0.1) is 0 Å². The van der Waals surface area contributed by atoms with Gasteiger partial charge in [0.05, 0.1) is 12.0 Å². The van der Waals surface area contributed by atoms with Crippen molar-refractivity contribution in [2.75, 3.05) is 19.6 Å². The Bertz CT molecular complexity index is 347. The Balaban J connectivity index is 1.98. The lowest BCUT2D eigenvalue weighted by Gasteiger charge is -2.28. The molecule has 0 unspecified atom stereocenters. The van der Waals surface area contributed by atoms with Gasteiger partial charge in [0.25, 0.3) is 0 Å². The molecule has 0 aromatic heterocycles. The van der Waals surface area contributed by atoms with Crippen LogP contribution in [0.15, 0.2) is 30.3 Å². The van der Waals surface area contributed by atoms with Crippen LogP contribution >= 0.6 is 0 Å². The number of piperidine rings is 1. The van der Waals surface area contributed by atoms with Crippen LogP contribution < -0.4 is 0 Å². The lowest BCUT2D eigenvalue weighted by molar-refractivity contribution is 0.225. The summed E-state index contributed by atoms with van der Waals surface area (Å²) in [5.74, 6) is 0.0271. The Kier molecular flexibility index (Phi) is 3.96. The number of rotatable bonds is 3. The van der Waals surface area contributed by atoms with E-state index in [1.165, 1.54) is 19.3 Å². The van der Waals surface area contributed by atoms with E-state index in [9.17, 15) is 5.26 Å². The maximum absolute atomic E-state index is 9.23. The first-order valence-corrected chi connectivity index (χ1v) is 6.07. The topological polar surface area (TPSA) is 27.0 Å². The molecule has 0 radical (unpaired) electrons. The van der Waals surface area contributed by atoms with Crippen molar-refractivity contribution in [1.29, 1.82) is 5.26 Å². The molecule has 0 spiro atoms. The molecule has 0 N–H and O–H groups in total. The normalized spacial score (nSPS) is 18.9. The minimum atomic E-state index is 0.0271. The van der Waals surface area contributed by atoms with Gasteiger partial charge in [0, 0.05) is 6.54 Å². The summed E-state index contributed by atoms with van der Waals surface area (Å²) in [5, 5.41) is 9.23. The fourth-order valence-corrected chi connectivity index (χ4v) is 2.31. The molecule has 1 heterocycles. The number of hydrogen-bond acceptors (Lipinski definition) is 2. The molecule has 84 valence electrons. The number of benzene rings is 1. The maximum Gasteiger partial charge on any atom is 0.0839 e. The van der Waals surface area contributed by atoms with E-state index in [0.717, 1.165) is 25.2 Å². The lowest BCUT2D eigenvalue weighted by Crippen LogP contribution is -2.33. The molecular weight excluding hydrogens is 196 g/mol. The molecule has 0 amide bonds. The predicted molar refractivity (Wildman–Crippen MR) is 65.1 cm³/mol. The molecular formula is C14H18N2. The van der Waals surface area contributed by atoms with Gasteiger partial charge in [-0.1, -0.05) is 36.8 Å². The molecule has 0 aliphatic carbocycles. The first kappa shape index (κ1) is 11.2. The van der Waals surface area contributed by atoms with Gasteiger partial charge in [-0.2, -0.15) is 5.26 Å². The van der Waals surface area contributed by atoms with Crippen molar-refractivity contribution in [3.05, 3.63) is 35.9 Å². The van der Waals surface area contributed by atoms with E-state index in [0.29, 0.717) is 0 Å². The molecule has 2 nitrogen and oxygen atoms in total. The number of hydrogen-bond donors (Lipinski definition) is 0. The minimum absolute atomic E-state index is 0.0271. The first-order valence-electron chi connectivity index (χ1n) is 6.07. The van der Waals surface area contributed by atoms with Crippen molar-refractivity contribution < 1.29 is 0 Å². The highest BCUT2D eigenvalue weighted by Crippen LogP contribution is 2.18. The van der Waals surface area contributed by atoms with Crippen LogP contribution in [0.3, 0.4) is 0 Å². The van der Waals surface area contributed by atoms with Gasteiger partial charge in [-0.05, 0) is 31.5 Å². The van der Waals surface area contributed by atoms with E-state index in [1.54, 1.807) is 0 Å². The summed E-state index contributed by atoms with van der Waals surface area (Å²) in [4.78, 5) is 2.42. The third-order valence-corrected chi connectivity index (χ3v) is 3.25. The fraction of sp³-hybridized carbons (Fsp3) is 0.500. The minimum Gasteiger partial charge on any atom is -0.302 e. The van der Waals surface area contributed by atoms with E-state index < -0.39 is 0 Å². The van der Waals surface area contributed by atoms with Crippen molar-refractivity contribution in [2.45, 2.75) is 25.2 Å². The average molecular weight is 214 g/mol. The maximum atomic E-state index is 9.23. The van der Waals surface area contributed by atoms with Crippen LogP contribution in [0.25, 0.3) is 0 Å². The summed E-state index contributed by atoms with van der Waals surface area (Å²) in [6.07, 6.45) is 3.92. The Morgan fingerprint density at radius 2 is 1.81 bits per heavy atom. The molecule has 1 aliphatic heterocycles.